The number of benzene rings is 1. The fourth-order valence-electron chi connectivity index (χ4n) is 7.09. The molecule has 7 heteroatoms. The average molecular weight is 417 g/mol. The molecule has 1 aromatic carbocycles. The fraction of sp³-hybridized carbons (Fsp3) is 0.696. The Morgan fingerprint density at radius 3 is 2.80 bits per heavy atom. The van der Waals surface area contributed by atoms with Crippen LogP contribution in [0.25, 0.3) is 0 Å². The highest BCUT2D eigenvalue weighted by atomic mass is 16.5. The van der Waals surface area contributed by atoms with E-state index in [1.807, 2.05) is 19.9 Å². The summed E-state index contributed by atoms with van der Waals surface area (Å²) in [7, 11) is 3.97. The summed E-state index contributed by atoms with van der Waals surface area (Å²) >= 11 is 0. The third kappa shape index (κ3) is 2.29. The van der Waals surface area contributed by atoms with Crippen molar-refractivity contribution in [1.82, 2.24) is 10.2 Å². The van der Waals surface area contributed by atoms with Crippen molar-refractivity contribution in [1.29, 1.82) is 0 Å². The summed E-state index contributed by atoms with van der Waals surface area (Å²) in [5.41, 5.74) is 1.51. The Labute approximate surface area is 177 Å². The lowest BCUT2D eigenvalue weighted by molar-refractivity contribution is -0.204. The van der Waals surface area contributed by atoms with Crippen LogP contribution in [-0.2, 0) is 21.4 Å². The van der Waals surface area contributed by atoms with E-state index in [0.717, 1.165) is 37.8 Å². The lowest BCUT2D eigenvalue weighted by atomic mass is 9.48. The number of hydrogen-bond donors (Lipinski definition) is 3. The largest absolute Gasteiger partial charge is 0.504 e. The number of hydrogen-bond acceptors (Lipinski definition) is 6. The monoisotopic (exact) mass is 416 g/mol. The van der Waals surface area contributed by atoms with Gasteiger partial charge in [-0.15, -0.1) is 0 Å². The Morgan fingerprint density at radius 1 is 1.37 bits per heavy atom. The fourth-order valence-corrected chi connectivity index (χ4v) is 7.09. The van der Waals surface area contributed by atoms with Crippen LogP contribution in [0.4, 0.5) is 0 Å². The molecule has 1 saturated heterocycles. The lowest BCUT2D eigenvalue weighted by Crippen LogP contribution is -2.78. The minimum absolute atomic E-state index is 0.0431. The number of aliphatic carboxylic acids is 1. The van der Waals surface area contributed by atoms with Crippen molar-refractivity contribution in [3.05, 3.63) is 23.3 Å². The number of likely N-dealkylation sites (tertiary alicyclic amines) is 1. The van der Waals surface area contributed by atoms with E-state index in [9.17, 15) is 15.0 Å². The summed E-state index contributed by atoms with van der Waals surface area (Å²) in [5, 5.41) is 23.9. The van der Waals surface area contributed by atoms with Crippen molar-refractivity contribution in [2.45, 2.75) is 74.8 Å². The van der Waals surface area contributed by atoms with E-state index in [1.54, 1.807) is 13.2 Å². The summed E-state index contributed by atoms with van der Waals surface area (Å²) in [6, 6.07) is 3.21. The van der Waals surface area contributed by atoms with Crippen LogP contribution in [0.1, 0.15) is 44.2 Å². The van der Waals surface area contributed by atoms with Gasteiger partial charge in [-0.05, 0) is 56.8 Å². The zero-order valence-corrected chi connectivity index (χ0v) is 18.1. The number of nitrogens with zero attached hydrogens (tertiary/aromatic N) is 1. The van der Waals surface area contributed by atoms with E-state index < -0.39 is 23.0 Å². The summed E-state index contributed by atoms with van der Waals surface area (Å²) < 4.78 is 13.0. The Hall–Kier alpha value is -1.83. The number of phenolic OH excluding ortho intramolecular Hbond substituents is 1. The molecule has 4 aliphatic rings. The summed E-state index contributed by atoms with van der Waals surface area (Å²) in [6.07, 6.45) is 3.05. The molecule has 5 rings (SSSR count). The molecule has 2 bridgehead atoms. The average Bonchev–Trinajstić information content (AvgIpc) is 3.06. The first-order valence-electron chi connectivity index (χ1n) is 11.0. The number of methoxy groups -OCH3 is 1. The second kappa shape index (κ2) is 6.58. The Kier molecular flexibility index (Phi) is 4.41. The van der Waals surface area contributed by atoms with E-state index in [0.29, 0.717) is 5.75 Å². The van der Waals surface area contributed by atoms with Gasteiger partial charge in [0.2, 0.25) is 0 Å². The first-order valence-corrected chi connectivity index (χ1v) is 11.0. The number of carboxylic acid groups (broad SMARTS) is 1. The molecule has 2 heterocycles. The van der Waals surface area contributed by atoms with Crippen LogP contribution >= 0.6 is 0 Å². The maximum Gasteiger partial charge on any atom is 0.320 e. The van der Waals surface area contributed by atoms with Gasteiger partial charge in [0.15, 0.2) is 11.5 Å². The van der Waals surface area contributed by atoms with Gasteiger partial charge in [-0.25, -0.2) is 0 Å². The van der Waals surface area contributed by atoms with Gasteiger partial charge in [-0.3, -0.25) is 10.1 Å². The minimum atomic E-state index is -0.838. The summed E-state index contributed by atoms with van der Waals surface area (Å²) in [5.74, 6) is -0.141. The van der Waals surface area contributed by atoms with Gasteiger partial charge >= 0.3 is 5.97 Å². The van der Waals surface area contributed by atoms with Crippen molar-refractivity contribution >= 4 is 5.97 Å². The van der Waals surface area contributed by atoms with Gasteiger partial charge in [-0.2, -0.15) is 0 Å². The molecule has 1 aromatic rings. The molecule has 0 amide bonds. The van der Waals surface area contributed by atoms with Crippen LogP contribution in [0.3, 0.4) is 0 Å². The molecular formula is C23H32N2O5. The molecule has 1 spiro atoms. The number of ether oxygens (including phenoxy) is 2. The highest BCUT2D eigenvalue weighted by molar-refractivity contribution is 5.74. The maximum atomic E-state index is 11.9. The number of likely N-dealkylation sites (N-methyl/N-ethyl adjacent to an activating group) is 1. The normalized spacial score (nSPS) is 37.6. The molecule has 7 nitrogen and oxygen atoms in total. The highest BCUT2D eigenvalue weighted by Gasteiger charge is 2.73. The van der Waals surface area contributed by atoms with Crippen LogP contribution in [0.5, 0.6) is 11.5 Å². The highest BCUT2D eigenvalue weighted by Crippen LogP contribution is 2.66. The summed E-state index contributed by atoms with van der Waals surface area (Å²) in [6.45, 7) is 4.77. The van der Waals surface area contributed by atoms with E-state index in [1.165, 1.54) is 5.56 Å². The van der Waals surface area contributed by atoms with Crippen molar-refractivity contribution in [3.8, 4) is 11.5 Å². The molecule has 164 valence electrons. The quantitative estimate of drug-likeness (QED) is 0.675. The first-order chi connectivity index (χ1) is 14.3. The SMILES string of the molecule is CO[C@@]12CC[C@@H](N[C@H](C(=O)O)C(C)C)[C@@H]3Oc4c(O)ccc5c4[C@@]31CCN(C)C2C5. The molecule has 2 aliphatic carbocycles. The molecule has 0 aromatic heterocycles. The van der Waals surface area contributed by atoms with E-state index in [2.05, 4.69) is 17.3 Å². The summed E-state index contributed by atoms with van der Waals surface area (Å²) in [4.78, 5) is 14.3. The zero-order valence-electron chi connectivity index (χ0n) is 18.1. The standard InChI is InChI=1S/C23H32N2O5/c1-12(2)18(21(27)28)24-14-7-8-23(29-4)16-11-13-5-6-15(26)19-17(13)22(23,20(14)30-19)9-10-25(16)3/h5-6,12,14,16,18,20,24,26H,7-11H2,1-4H3,(H,27,28)/t14-,16?,18+,20+,22+,23-/m1/s1. The third-order valence-electron chi connectivity index (χ3n) is 8.38. The second-order valence-electron chi connectivity index (χ2n) is 9.87. The number of rotatable bonds is 5. The minimum Gasteiger partial charge on any atom is -0.504 e. The van der Waals surface area contributed by atoms with Crippen molar-refractivity contribution < 1.29 is 24.5 Å². The van der Waals surface area contributed by atoms with Gasteiger partial charge in [0, 0.05) is 24.8 Å². The Bertz CT molecular complexity index is 889. The van der Waals surface area contributed by atoms with E-state index >= 15 is 0 Å². The first kappa shape index (κ1) is 20.1. The number of phenols is 1. The molecule has 3 N–H and O–H groups in total. The second-order valence-corrected chi connectivity index (χ2v) is 9.87. The van der Waals surface area contributed by atoms with Crippen molar-refractivity contribution in [3.63, 3.8) is 0 Å². The zero-order chi connectivity index (χ0) is 21.4. The third-order valence-corrected chi connectivity index (χ3v) is 8.38. The molecule has 30 heavy (non-hydrogen) atoms. The van der Waals surface area contributed by atoms with Crippen LogP contribution in [0.15, 0.2) is 12.1 Å². The topological polar surface area (TPSA) is 91.3 Å². The molecule has 2 aliphatic heterocycles. The van der Waals surface area contributed by atoms with Gasteiger partial charge in [0.1, 0.15) is 12.1 Å². The number of piperidine rings is 1. The molecule has 1 saturated carbocycles. The van der Waals surface area contributed by atoms with Crippen LogP contribution in [-0.4, -0.2) is 71.6 Å². The van der Waals surface area contributed by atoms with Crippen molar-refractivity contribution in [2.24, 2.45) is 5.92 Å². The van der Waals surface area contributed by atoms with Gasteiger partial charge in [0.05, 0.1) is 11.0 Å². The van der Waals surface area contributed by atoms with E-state index in [4.69, 9.17) is 9.47 Å². The Balaban J connectivity index is 1.67. The number of nitrogens with one attached hydrogen (secondary N) is 1. The van der Waals surface area contributed by atoms with Gasteiger partial charge in [-0.1, -0.05) is 19.9 Å². The smallest absolute Gasteiger partial charge is 0.320 e. The molecule has 6 atom stereocenters. The van der Waals surface area contributed by atoms with Crippen LogP contribution in [0.2, 0.25) is 0 Å². The lowest BCUT2D eigenvalue weighted by Gasteiger charge is -2.65. The van der Waals surface area contributed by atoms with Crippen LogP contribution in [0, 0.1) is 5.92 Å². The predicted octanol–water partition coefficient (Wildman–Crippen LogP) is 1.90. The molecular weight excluding hydrogens is 384 g/mol. The number of carboxylic acids is 1. The maximum absolute atomic E-state index is 11.9. The molecule has 1 unspecified atom stereocenters. The van der Waals surface area contributed by atoms with Gasteiger partial charge in [0.25, 0.3) is 0 Å². The Morgan fingerprint density at radius 2 is 2.13 bits per heavy atom. The molecule has 0 radical (unpaired) electrons. The number of carbonyl (C=O) groups is 1. The van der Waals surface area contributed by atoms with Crippen LogP contribution < -0.4 is 10.1 Å². The number of aromatic hydroxyl groups is 1. The molecule has 2 fully saturated rings. The van der Waals surface area contributed by atoms with Gasteiger partial charge < -0.3 is 24.6 Å². The predicted molar refractivity (Wildman–Crippen MR) is 111 cm³/mol. The van der Waals surface area contributed by atoms with Crippen molar-refractivity contribution in [2.75, 3.05) is 20.7 Å². The van der Waals surface area contributed by atoms with E-state index in [-0.39, 0.29) is 29.9 Å².